The van der Waals surface area contributed by atoms with Crippen LogP contribution in [-0.4, -0.2) is 25.0 Å². The first kappa shape index (κ1) is 24.4. The molecule has 1 aliphatic heterocycles. The number of ether oxygens (including phenoxy) is 2. The van der Waals surface area contributed by atoms with E-state index in [-0.39, 0.29) is 17.9 Å². The molecule has 0 bridgehead atoms. The molecule has 0 spiro atoms. The Labute approximate surface area is 213 Å². The molecule has 4 rings (SSSR count). The van der Waals surface area contributed by atoms with Crippen molar-refractivity contribution in [1.29, 1.82) is 0 Å². The first-order chi connectivity index (χ1) is 16.8. The van der Waals surface area contributed by atoms with Crippen LogP contribution in [0.1, 0.15) is 11.1 Å². The van der Waals surface area contributed by atoms with Crippen molar-refractivity contribution in [1.82, 2.24) is 5.32 Å². The minimum Gasteiger partial charge on any atom is -0.493 e. The second kappa shape index (κ2) is 10.3. The number of imide groups is 2. The summed E-state index contributed by atoms with van der Waals surface area (Å²) >= 11 is 9.33. The van der Waals surface area contributed by atoms with E-state index in [9.17, 15) is 18.8 Å². The standard InChI is InChI=1S/C25H17BrClFN2O5/c1-34-21-10-15(20(26)12-22(21)35-13-14-5-7-16(27)8-6-14)9-19-23(31)29-25(33)30(24(19)32)18-4-2-3-17(28)11-18/h2-12H,13H2,1H3,(H,29,31,33)/b19-9+. The van der Waals surface area contributed by atoms with Crippen LogP contribution in [-0.2, 0) is 16.2 Å². The van der Waals surface area contributed by atoms with E-state index >= 15 is 0 Å². The predicted octanol–water partition coefficient (Wildman–Crippen LogP) is 5.50. The van der Waals surface area contributed by atoms with Crippen LogP contribution in [0.5, 0.6) is 11.5 Å². The van der Waals surface area contributed by atoms with Crippen LogP contribution in [0, 0.1) is 5.82 Å². The number of hydrogen-bond donors (Lipinski definition) is 1. The van der Waals surface area contributed by atoms with Gasteiger partial charge in [0.2, 0.25) is 0 Å². The summed E-state index contributed by atoms with van der Waals surface area (Å²) in [5.41, 5.74) is 0.998. The predicted molar refractivity (Wildman–Crippen MR) is 132 cm³/mol. The van der Waals surface area contributed by atoms with Crippen molar-refractivity contribution in [3.63, 3.8) is 0 Å². The van der Waals surface area contributed by atoms with Crippen LogP contribution >= 0.6 is 27.5 Å². The Balaban J connectivity index is 1.64. The topological polar surface area (TPSA) is 84.9 Å². The number of hydrogen-bond acceptors (Lipinski definition) is 5. The Bertz CT molecular complexity index is 1360. The molecule has 10 heteroatoms. The van der Waals surface area contributed by atoms with Crippen LogP contribution in [0.2, 0.25) is 5.02 Å². The monoisotopic (exact) mass is 558 g/mol. The average Bonchev–Trinajstić information content (AvgIpc) is 2.82. The molecule has 3 aromatic rings. The SMILES string of the molecule is COc1cc(/C=C2\C(=O)NC(=O)N(c3cccc(F)c3)C2=O)c(Br)cc1OCc1ccc(Cl)cc1. The largest absolute Gasteiger partial charge is 0.493 e. The fourth-order valence-corrected chi connectivity index (χ4v) is 3.90. The lowest BCUT2D eigenvalue weighted by molar-refractivity contribution is -0.122. The average molecular weight is 560 g/mol. The van der Waals surface area contributed by atoms with E-state index in [0.29, 0.717) is 31.5 Å². The van der Waals surface area contributed by atoms with Crippen molar-refractivity contribution in [2.75, 3.05) is 12.0 Å². The maximum atomic E-state index is 13.7. The summed E-state index contributed by atoms with van der Waals surface area (Å²) in [4.78, 5) is 38.5. The number of barbiturate groups is 1. The van der Waals surface area contributed by atoms with Crippen molar-refractivity contribution >= 4 is 57.1 Å². The first-order valence-electron chi connectivity index (χ1n) is 10.2. The Morgan fingerprint density at radius 2 is 1.80 bits per heavy atom. The number of rotatable bonds is 6. The second-order valence-electron chi connectivity index (χ2n) is 7.38. The van der Waals surface area contributed by atoms with Crippen LogP contribution in [0.25, 0.3) is 6.08 Å². The summed E-state index contributed by atoms with van der Waals surface area (Å²) in [6, 6.07) is 14.4. The van der Waals surface area contributed by atoms with Crippen LogP contribution in [0.15, 0.2) is 70.7 Å². The summed E-state index contributed by atoms with van der Waals surface area (Å²) < 4.78 is 25.5. The zero-order valence-electron chi connectivity index (χ0n) is 18.2. The van der Waals surface area contributed by atoms with Gasteiger partial charge in [-0.2, -0.15) is 0 Å². The highest BCUT2D eigenvalue weighted by molar-refractivity contribution is 9.10. The van der Waals surface area contributed by atoms with Crippen LogP contribution in [0.4, 0.5) is 14.9 Å². The molecular weight excluding hydrogens is 543 g/mol. The second-order valence-corrected chi connectivity index (χ2v) is 8.67. The molecule has 4 amide bonds. The molecule has 0 atom stereocenters. The molecule has 0 radical (unpaired) electrons. The maximum absolute atomic E-state index is 13.7. The van der Waals surface area contributed by atoms with E-state index in [1.54, 1.807) is 24.3 Å². The molecular formula is C25H17BrClFN2O5. The first-order valence-corrected chi connectivity index (χ1v) is 11.4. The smallest absolute Gasteiger partial charge is 0.335 e. The Morgan fingerprint density at radius 3 is 2.49 bits per heavy atom. The molecule has 1 aliphatic rings. The van der Waals surface area contributed by atoms with Gasteiger partial charge in [0.1, 0.15) is 18.0 Å². The highest BCUT2D eigenvalue weighted by atomic mass is 79.9. The highest BCUT2D eigenvalue weighted by Crippen LogP contribution is 2.36. The van der Waals surface area contributed by atoms with Crippen molar-refractivity contribution in [3.05, 3.63) is 92.7 Å². The van der Waals surface area contributed by atoms with Crippen molar-refractivity contribution in [3.8, 4) is 11.5 Å². The van der Waals surface area contributed by atoms with Gasteiger partial charge in [-0.25, -0.2) is 14.1 Å². The Hall–Kier alpha value is -3.69. The normalized spacial score (nSPS) is 14.8. The van der Waals surface area contributed by atoms with Crippen LogP contribution in [0.3, 0.4) is 0 Å². The maximum Gasteiger partial charge on any atom is 0.335 e. The third kappa shape index (κ3) is 5.36. The summed E-state index contributed by atoms with van der Waals surface area (Å²) in [6.07, 6.45) is 1.31. The molecule has 1 fully saturated rings. The van der Waals surface area contributed by atoms with Crippen molar-refractivity contribution in [2.45, 2.75) is 6.61 Å². The number of methoxy groups -OCH3 is 1. The number of urea groups is 1. The molecule has 3 aromatic carbocycles. The van der Waals surface area contributed by atoms with Gasteiger partial charge < -0.3 is 9.47 Å². The molecule has 0 unspecified atom stereocenters. The van der Waals surface area contributed by atoms with Gasteiger partial charge in [-0.1, -0.05) is 45.7 Å². The minimum absolute atomic E-state index is 0.00602. The van der Waals surface area contributed by atoms with Gasteiger partial charge in [-0.15, -0.1) is 0 Å². The number of nitrogens with one attached hydrogen (secondary N) is 1. The summed E-state index contributed by atoms with van der Waals surface area (Å²) in [5, 5.41) is 2.72. The van der Waals surface area contributed by atoms with E-state index in [1.165, 1.54) is 31.4 Å². The molecule has 0 aromatic heterocycles. The molecule has 1 saturated heterocycles. The zero-order valence-corrected chi connectivity index (χ0v) is 20.5. The van der Waals surface area contributed by atoms with Gasteiger partial charge >= 0.3 is 6.03 Å². The van der Waals surface area contributed by atoms with Gasteiger partial charge in [0, 0.05) is 9.50 Å². The van der Waals surface area contributed by atoms with Crippen molar-refractivity contribution < 1.29 is 28.2 Å². The van der Waals surface area contributed by atoms with E-state index in [0.717, 1.165) is 11.6 Å². The third-order valence-electron chi connectivity index (χ3n) is 5.06. The molecule has 35 heavy (non-hydrogen) atoms. The molecule has 7 nitrogen and oxygen atoms in total. The number of carbonyl (C=O) groups is 3. The molecule has 178 valence electrons. The Kier molecular flexibility index (Phi) is 7.18. The number of carbonyl (C=O) groups excluding carboxylic acids is 3. The zero-order chi connectivity index (χ0) is 25.1. The molecule has 0 aliphatic carbocycles. The number of nitrogens with zero attached hydrogens (tertiary/aromatic N) is 1. The van der Waals surface area contributed by atoms with Gasteiger partial charge in [-0.3, -0.25) is 14.9 Å². The Morgan fingerprint density at radius 1 is 1.06 bits per heavy atom. The highest BCUT2D eigenvalue weighted by Gasteiger charge is 2.37. The van der Waals surface area contributed by atoms with Gasteiger partial charge in [0.05, 0.1) is 12.8 Å². The molecule has 0 saturated carbocycles. The summed E-state index contributed by atoms with van der Waals surface area (Å²) in [5.74, 6) is -1.62. The minimum atomic E-state index is -0.967. The van der Waals surface area contributed by atoms with Gasteiger partial charge in [0.15, 0.2) is 11.5 Å². The summed E-state index contributed by atoms with van der Waals surface area (Å²) in [6.45, 7) is 0.256. The fraction of sp³-hybridized carbons (Fsp3) is 0.0800. The van der Waals surface area contributed by atoms with E-state index in [2.05, 4.69) is 21.2 Å². The third-order valence-corrected chi connectivity index (χ3v) is 6.00. The molecule has 1 N–H and O–H groups in total. The van der Waals surface area contributed by atoms with Crippen LogP contribution < -0.4 is 19.7 Å². The summed E-state index contributed by atoms with van der Waals surface area (Å²) in [7, 11) is 1.46. The lowest BCUT2D eigenvalue weighted by Crippen LogP contribution is -2.54. The number of amides is 4. The number of halogens is 3. The quantitative estimate of drug-likeness (QED) is 0.319. The number of anilines is 1. The number of benzene rings is 3. The fourth-order valence-electron chi connectivity index (χ4n) is 3.34. The van der Waals surface area contributed by atoms with E-state index < -0.39 is 23.7 Å². The van der Waals surface area contributed by atoms with Gasteiger partial charge in [0.25, 0.3) is 11.8 Å². The van der Waals surface area contributed by atoms with Gasteiger partial charge in [-0.05, 0) is 59.7 Å². The van der Waals surface area contributed by atoms with Crippen molar-refractivity contribution in [2.24, 2.45) is 0 Å². The lowest BCUT2D eigenvalue weighted by Gasteiger charge is -2.26. The van der Waals surface area contributed by atoms with E-state index in [1.807, 2.05) is 12.1 Å². The van der Waals surface area contributed by atoms with E-state index in [4.69, 9.17) is 21.1 Å². The lowest BCUT2D eigenvalue weighted by atomic mass is 10.1. The molecule has 1 heterocycles.